The monoisotopic (exact) mass is 473 g/mol. The van der Waals surface area contributed by atoms with Crippen molar-refractivity contribution < 1.29 is 9.90 Å². The first-order chi connectivity index (χ1) is 15.3. The summed E-state index contributed by atoms with van der Waals surface area (Å²) in [6.45, 7) is 4.96. The SMILES string of the molecule is Cc1ccsc1C(O)(c1sccc1C)[C@@H]1CCCN1C(=O)CCCn1ccc(=O)[nH]c1=O. The van der Waals surface area contributed by atoms with Crippen molar-refractivity contribution in [2.24, 2.45) is 0 Å². The van der Waals surface area contributed by atoms with Crippen LogP contribution in [-0.4, -0.2) is 38.1 Å². The molecular weight excluding hydrogens is 446 g/mol. The minimum absolute atomic E-state index is 0.0215. The molecular formula is C23H27N3O4S2. The van der Waals surface area contributed by atoms with Crippen LogP contribution in [0.15, 0.2) is 44.7 Å². The van der Waals surface area contributed by atoms with Crippen LogP contribution < -0.4 is 11.2 Å². The molecule has 0 saturated carbocycles. The lowest BCUT2D eigenvalue weighted by molar-refractivity contribution is -0.136. The van der Waals surface area contributed by atoms with Gasteiger partial charge in [-0.2, -0.15) is 0 Å². The number of nitrogens with one attached hydrogen (secondary N) is 1. The summed E-state index contributed by atoms with van der Waals surface area (Å²) in [6, 6.07) is 4.99. The summed E-state index contributed by atoms with van der Waals surface area (Å²) in [5, 5.41) is 16.2. The zero-order chi connectivity index (χ0) is 22.9. The second-order valence-corrected chi connectivity index (χ2v) is 10.1. The average molecular weight is 474 g/mol. The number of carbonyl (C=O) groups excluding carboxylic acids is 1. The largest absolute Gasteiger partial charge is 0.376 e. The van der Waals surface area contributed by atoms with Crippen molar-refractivity contribution in [2.45, 2.75) is 57.7 Å². The Morgan fingerprint density at radius 1 is 1.16 bits per heavy atom. The van der Waals surface area contributed by atoms with Crippen LogP contribution in [0, 0.1) is 13.8 Å². The fourth-order valence-corrected chi connectivity index (χ4v) is 6.82. The highest BCUT2D eigenvalue weighted by atomic mass is 32.1. The zero-order valence-electron chi connectivity index (χ0n) is 18.2. The molecule has 32 heavy (non-hydrogen) atoms. The van der Waals surface area contributed by atoms with Crippen molar-refractivity contribution in [3.63, 3.8) is 0 Å². The fourth-order valence-electron chi connectivity index (χ4n) is 4.60. The number of aromatic amines is 1. The molecule has 0 bridgehead atoms. The summed E-state index contributed by atoms with van der Waals surface area (Å²) in [6.07, 6.45) is 3.76. The normalized spacial score (nSPS) is 16.6. The summed E-state index contributed by atoms with van der Waals surface area (Å²) in [4.78, 5) is 42.1. The van der Waals surface area contributed by atoms with Crippen molar-refractivity contribution in [3.8, 4) is 0 Å². The van der Waals surface area contributed by atoms with Gasteiger partial charge in [-0.05, 0) is 67.1 Å². The van der Waals surface area contributed by atoms with E-state index in [-0.39, 0.29) is 18.4 Å². The van der Waals surface area contributed by atoms with Gasteiger partial charge in [0.25, 0.3) is 5.56 Å². The second-order valence-electron chi connectivity index (χ2n) is 8.28. The Labute approximate surface area is 194 Å². The lowest BCUT2D eigenvalue weighted by atomic mass is 9.85. The van der Waals surface area contributed by atoms with E-state index in [0.717, 1.165) is 33.7 Å². The predicted molar refractivity (Wildman–Crippen MR) is 126 cm³/mol. The smallest absolute Gasteiger partial charge is 0.328 e. The number of carbonyl (C=O) groups is 1. The molecule has 1 aliphatic rings. The topological polar surface area (TPSA) is 95.4 Å². The first-order valence-electron chi connectivity index (χ1n) is 10.7. The van der Waals surface area contributed by atoms with Gasteiger partial charge in [-0.25, -0.2) is 4.79 Å². The van der Waals surface area contributed by atoms with Crippen molar-refractivity contribution in [1.82, 2.24) is 14.5 Å². The molecule has 0 radical (unpaired) electrons. The van der Waals surface area contributed by atoms with E-state index in [1.165, 1.54) is 39.5 Å². The van der Waals surface area contributed by atoms with Gasteiger partial charge in [0.15, 0.2) is 5.60 Å². The summed E-state index contributed by atoms with van der Waals surface area (Å²) in [5.74, 6) is -0.0215. The molecule has 4 rings (SSSR count). The van der Waals surface area contributed by atoms with E-state index in [9.17, 15) is 19.5 Å². The lowest BCUT2D eigenvalue weighted by Gasteiger charge is -2.39. The molecule has 0 unspecified atom stereocenters. The minimum atomic E-state index is -1.24. The molecule has 0 aliphatic carbocycles. The molecule has 1 fully saturated rings. The molecule has 2 N–H and O–H groups in total. The van der Waals surface area contributed by atoms with Crippen molar-refractivity contribution in [1.29, 1.82) is 0 Å². The number of thiophene rings is 2. The Bertz CT molecular complexity index is 1180. The molecule has 0 aromatic carbocycles. The van der Waals surface area contributed by atoms with Gasteiger partial charge < -0.3 is 14.6 Å². The summed E-state index contributed by atoms with van der Waals surface area (Å²) in [5.41, 5.74) is -0.0866. The van der Waals surface area contributed by atoms with E-state index in [1.54, 1.807) is 0 Å². The van der Waals surface area contributed by atoms with Gasteiger partial charge in [-0.3, -0.25) is 14.6 Å². The third-order valence-corrected chi connectivity index (χ3v) is 8.44. The highest BCUT2D eigenvalue weighted by Crippen LogP contribution is 2.46. The second kappa shape index (κ2) is 9.17. The van der Waals surface area contributed by atoms with E-state index in [0.29, 0.717) is 19.5 Å². The van der Waals surface area contributed by atoms with Crippen LogP contribution in [0.5, 0.6) is 0 Å². The maximum atomic E-state index is 13.2. The number of H-pyrrole nitrogens is 1. The predicted octanol–water partition coefficient (Wildman–Crippen LogP) is 2.98. The number of hydrogen-bond donors (Lipinski definition) is 2. The van der Waals surface area contributed by atoms with E-state index >= 15 is 0 Å². The van der Waals surface area contributed by atoms with Gasteiger partial charge in [0.05, 0.1) is 6.04 Å². The maximum absolute atomic E-state index is 13.2. The van der Waals surface area contributed by atoms with Gasteiger partial charge in [0, 0.05) is 41.5 Å². The zero-order valence-corrected chi connectivity index (χ0v) is 19.8. The minimum Gasteiger partial charge on any atom is -0.376 e. The van der Waals surface area contributed by atoms with E-state index in [1.807, 2.05) is 41.6 Å². The highest BCUT2D eigenvalue weighted by Gasteiger charge is 2.49. The fraction of sp³-hybridized carbons (Fsp3) is 0.435. The third kappa shape index (κ3) is 4.12. The molecule has 1 saturated heterocycles. The van der Waals surface area contributed by atoms with Crippen molar-refractivity contribution >= 4 is 28.6 Å². The van der Waals surface area contributed by atoms with E-state index < -0.39 is 16.9 Å². The molecule has 1 aliphatic heterocycles. The molecule has 1 amide bonds. The Hall–Kier alpha value is -2.49. The highest BCUT2D eigenvalue weighted by molar-refractivity contribution is 7.12. The number of rotatable bonds is 7. The van der Waals surface area contributed by atoms with Crippen LogP contribution in [0.25, 0.3) is 0 Å². The third-order valence-electron chi connectivity index (χ3n) is 6.16. The van der Waals surface area contributed by atoms with Crippen LogP contribution >= 0.6 is 22.7 Å². The molecule has 4 heterocycles. The Morgan fingerprint density at radius 3 is 2.38 bits per heavy atom. The Morgan fingerprint density at radius 2 is 1.81 bits per heavy atom. The van der Waals surface area contributed by atoms with Gasteiger partial charge >= 0.3 is 5.69 Å². The Balaban J connectivity index is 1.56. The molecule has 9 heteroatoms. The van der Waals surface area contributed by atoms with Crippen LogP contribution in [0.1, 0.15) is 46.6 Å². The maximum Gasteiger partial charge on any atom is 0.328 e. The van der Waals surface area contributed by atoms with Gasteiger partial charge in [0.1, 0.15) is 0 Å². The molecule has 3 aromatic heterocycles. The van der Waals surface area contributed by atoms with Gasteiger partial charge in [-0.1, -0.05) is 0 Å². The number of aromatic nitrogens is 2. The number of hydrogen-bond acceptors (Lipinski definition) is 6. The van der Waals surface area contributed by atoms with Crippen LogP contribution in [0.4, 0.5) is 0 Å². The molecule has 170 valence electrons. The van der Waals surface area contributed by atoms with Crippen molar-refractivity contribution in [2.75, 3.05) is 6.54 Å². The Kier molecular flexibility index (Phi) is 6.50. The molecule has 0 spiro atoms. The summed E-state index contributed by atoms with van der Waals surface area (Å²) in [7, 11) is 0. The van der Waals surface area contributed by atoms with Gasteiger partial charge in [-0.15, -0.1) is 22.7 Å². The number of likely N-dealkylation sites (tertiary alicyclic amines) is 1. The lowest BCUT2D eigenvalue weighted by Crippen LogP contribution is -2.50. The standard InChI is InChI=1S/C23H27N3O4S2/c1-15-8-13-31-20(15)23(30,21-16(2)9-14-32-21)17-5-3-11-26(17)19(28)6-4-10-25-12-7-18(27)24-22(25)29/h7-9,12-14,17,30H,3-6,10-11H2,1-2H3,(H,24,27,29)/t17-/m0/s1. The summed E-state index contributed by atoms with van der Waals surface area (Å²) < 4.78 is 1.40. The molecule has 3 aromatic rings. The van der Waals surface area contributed by atoms with Crippen LogP contribution in [0.2, 0.25) is 0 Å². The van der Waals surface area contributed by atoms with Gasteiger partial charge in [0.2, 0.25) is 5.91 Å². The average Bonchev–Trinajstić information content (AvgIpc) is 3.50. The quantitative estimate of drug-likeness (QED) is 0.552. The van der Waals surface area contributed by atoms with Crippen LogP contribution in [-0.2, 0) is 16.9 Å². The first kappa shape index (κ1) is 22.7. The number of aryl methyl sites for hydroxylation is 3. The van der Waals surface area contributed by atoms with E-state index in [2.05, 4.69) is 4.98 Å². The first-order valence-corrected chi connectivity index (χ1v) is 12.5. The molecule has 1 atom stereocenters. The molecule has 7 nitrogen and oxygen atoms in total. The number of amides is 1. The number of nitrogens with zero attached hydrogens (tertiary/aromatic N) is 2. The van der Waals surface area contributed by atoms with Crippen molar-refractivity contribution in [3.05, 3.63) is 76.9 Å². The summed E-state index contributed by atoms with van der Waals surface area (Å²) >= 11 is 3.07. The van der Waals surface area contributed by atoms with E-state index in [4.69, 9.17) is 0 Å². The number of aliphatic hydroxyl groups is 1. The van der Waals surface area contributed by atoms with Crippen LogP contribution in [0.3, 0.4) is 0 Å².